The van der Waals surface area contributed by atoms with Crippen molar-refractivity contribution in [2.24, 2.45) is 0 Å². The van der Waals surface area contributed by atoms with Crippen LogP contribution in [0.1, 0.15) is 12.8 Å². The molecule has 1 radical (unpaired) electrons. The average Bonchev–Trinajstić information content (AvgIpc) is 2.60. The normalized spacial score (nSPS) is 21.7. The number of nitrogens with one attached hydrogen (secondary N) is 1. The van der Waals surface area contributed by atoms with Crippen LogP contribution in [0.25, 0.3) is 0 Å². The molecule has 0 saturated carbocycles. The predicted octanol–water partition coefficient (Wildman–Crippen LogP) is -1.90. The van der Waals surface area contributed by atoms with Gasteiger partial charge in [-0.05, 0) is 12.8 Å². The third-order valence-corrected chi connectivity index (χ3v) is 2.95. The lowest BCUT2D eigenvalue weighted by molar-refractivity contribution is -0.129. The minimum absolute atomic E-state index is 0.247. The van der Waals surface area contributed by atoms with E-state index < -0.39 is 10.0 Å². The van der Waals surface area contributed by atoms with Crippen molar-refractivity contribution in [1.29, 1.82) is 0 Å². The molecule has 1 atom stereocenters. The molecule has 8 heteroatoms. The molecule has 0 aromatic heterocycles. The van der Waals surface area contributed by atoms with Crippen LogP contribution in [0.3, 0.4) is 0 Å². The Morgan fingerprint density at radius 1 is 1.67 bits per heavy atom. The van der Waals surface area contributed by atoms with E-state index in [-0.39, 0.29) is 18.4 Å². The minimum atomic E-state index is -3.34. The summed E-state index contributed by atoms with van der Waals surface area (Å²) in [5, 5.41) is 8.86. The second kappa shape index (κ2) is 4.95. The first-order valence-electron chi connectivity index (χ1n) is 4.65. The van der Waals surface area contributed by atoms with Crippen LogP contribution in [0, 0.1) is 0 Å². The predicted molar refractivity (Wildman–Crippen MR) is 55.6 cm³/mol. The molecule has 1 fully saturated rings. The number of hydrogen-bond donors (Lipinski definition) is 2. The molecule has 1 unspecified atom stereocenters. The van der Waals surface area contributed by atoms with Gasteiger partial charge in [-0.2, -0.15) is 0 Å². The van der Waals surface area contributed by atoms with E-state index in [1.807, 2.05) is 0 Å². The molecule has 1 aliphatic rings. The van der Waals surface area contributed by atoms with Crippen LogP contribution in [-0.2, 0) is 14.8 Å². The first-order valence-corrected chi connectivity index (χ1v) is 6.55. The fraction of sp³-hybridized carbons (Fsp3) is 0.857. The maximum atomic E-state index is 11.5. The number of hydrogen-bond acceptors (Lipinski definition) is 4. The first kappa shape index (κ1) is 12.5. The maximum Gasteiger partial charge on any atom is 0.312 e. The van der Waals surface area contributed by atoms with Gasteiger partial charge < -0.3 is 9.92 Å². The number of sulfonamides is 1. The van der Waals surface area contributed by atoms with Gasteiger partial charge in [0.25, 0.3) is 0 Å². The number of amides is 1. The molecule has 0 aromatic rings. The Morgan fingerprint density at radius 3 is 2.87 bits per heavy atom. The van der Waals surface area contributed by atoms with E-state index in [4.69, 9.17) is 5.02 Å². The molecule has 15 heavy (non-hydrogen) atoms. The van der Waals surface area contributed by atoms with E-state index >= 15 is 0 Å². The molecule has 6 nitrogen and oxygen atoms in total. The van der Waals surface area contributed by atoms with Crippen molar-refractivity contribution >= 4 is 23.4 Å². The van der Waals surface area contributed by atoms with Gasteiger partial charge in [0.2, 0.25) is 15.9 Å². The lowest BCUT2D eigenvalue weighted by Crippen LogP contribution is -2.44. The quantitative estimate of drug-likeness (QED) is 0.555. The summed E-state index contributed by atoms with van der Waals surface area (Å²) in [6.45, 7) is 0.315. The Hall–Kier alpha value is -0.595. The third-order valence-electron chi connectivity index (χ3n) is 2.28. The van der Waals surface area contributed by atoms with E-state index in [0.29, 0.717) is 6.54 Å². The van der Waals surface area contributed by atoms with E-state index in [9.17, 15) is 13.2 Å². The number of carbonyl (C=O) groups is 1. The van der Waals surface area contributed by atoms with Crippen molar-refractivity contribution in [2.75, 3.05) is 19.3 Å². The minimum Gasteiger partial charge on any atom is -0.452 e. The van der Waals surface area contributed by atoms with Gasteiger partial charge in [0.15, 0.2) is 0 Å². The summed E-state index contributed by atoms with van der Waals surface area (Å²) in [5.41, 5.74) is 0. The van der Waals surface area contributed by atoms with Crippen molar-refractivity contribution in [3.8, 4) is 0 Å². The lowest BCUT2D eigenvalue weighted by Gasteiger charge is -2.22. The average molecular weight is 233 g/mol. The van der Waals surface area contributed by atoms with E-state index in [1.165, 1.54) is 4.90 Å². The fourth-order valence-electron chi connectivity index (χ4n) is 1.55. The summed E-state index contributed by atoms with van der Waals surface area (Å²) in [4.78, 5) is 13.0. The highest BCUT2D eigenvalue weighted by molar-refractivity contribution is 7.88. The largest absolute Gasteiger partial charge is 0.452 e. The van der Waals surface area contributed by atoms with Gasteiger partial charge in [-0.3, -0.25) is 4.79 Å². The highest BCUT2D eigenvalue weighted by Crippen LogP contribution is 2.15. The summed E-state index contributed by atoms with van der Waals surface area (Å²) in [7, 11) is -2.37. The van der Waals surface area contributed by atoms with Crippen LogP contribution < -0.4 is 4.72 Å². The zero-order chi connectivity index (χ0) is 11.5. The molecule has 0 spiro atoms. The van der Waals surface area contributed by atoms with Gasteiger partial charge in [-0.25, -0.2) is 13.1 Å². The van der Waals surface area contributed by atoms with Gasteiger partial charge >= 0.3 is 7.48 Å². The molecule has 1 heterocycles. The standard InChI is InChI=1S/C7H14BN2O4S/c1-15(13,14)9-5-7(11)10-4-2-3-6(10)8-12/h6,9,12H,2-5H2,1H3. The van der Waals surface area contributed by atoms with Crippen LogP contribution >= 0.6 is 0 Å². The highest BCUT2D eigenvalue weighted by Gasteiger charge is 2.28. The molecule has 2 N–H and O–H groups in total. The molecule has 1 rings (SSSR count). The Bertz CT molecular complexity index is 332. The number of rotatable bonds is 4. The molecule has 1 aliphatic heterocycles. The molecule has 1 amide bonds. The van der Waals surface area contributed by atoms with Crippen LogP contribution in [0.5, 0.6) is 0 Å². The molecule has 0 bridgehead atoms. The molecule has 0 aliphatic carbocycles. The fourth-order valence-corrected chi connectivity index (χ4v) is 1.94. The lowest BCUT2D eigenvalue weighted by atomic mass is 9.86. The number of carbonyl (C=O) groups excluding carboxylic acids is 1. The third kappa shape index (κ3) is 3.81. The topological polar surface area (TPSA) is 86.7 Å². The summed E-state index contributed by atoms with van der Waals surface area (Å²) in [6.07, 6.45) is 2.55. The zero-order valence-corrected chi connectivity index (χ0v) is 9.33. The summed E-state index contributed by atoms with van der Waals surface area (Å²) in [5.74, 6) is -0.591. The van der Waals surface area contributed by atoms with Crippen LogP contribution in [0.2, 0.25) is 0 Å². The molecular weight excluding hydrogens is 219 g/mol. The molecule has 85 valence electrons. The first-order chi connectivity index (χ1) is 6.94. The number of nitrogens with zero attached hydrogens (tertiary/aromatic N) is 1. The zero-order valence-electron chi connectivity index (χ0n) is 8.51. The Labute approximate surface area is 90.0 Å². The van der Waals surface area contributed by atoms with Crippen molar-refractivity contribution in [3.63, 3.8) is 0 Å². The summed E-state index contributed by atoms with van der Waals surface area (Å²) < 4.78 is 23.7. The van der Waals surface area contributed by atoms with E-state index in [2.05, 4.69) is 4.72 Å². The molecular formula is C7H14BN2O4S. The van der Waals surface area contributed by atoms with Gasteiger partial charge in [0.1, 0.15) is 0 Å². The van der Waals surface area contributed by atoms with Crippen LogP contribution in [0.15, 0.2) is 0 Å². The highest BCUT2D eigenvalue weighted by atomic mass is 32.2. The Balaban J connectivity index is 2.46. The van der Waals surface area contributed by atoms with Gasteiger partial charge in [-0.1, -0.05) is 0 Å². The van der Waals surface area contributed by atoms with Crippen molar-refractivity contribution < 1.29 is 18.2 Å². The van der Waals surface area contributed by atoms with Gasteiger partial charge in [-0.15, -0.1) is 0 Å². The second-order valence-corrected chi connectivity index (χ2v) is 5.37. The van der Waals surface area contributed by atoms with Crippen LogP contribution in [-0.4, -0.2) is 57.0 Å². The number of likely N-dealkylation sites (tertiary alicyclic amines) is 1. The van der Waals surface area contributed by atoms with Crippen molar-refractivity contribution in [1.82, 2.24) is 9.62 Å². The van der Waals surface area contributed by atoms with E-state index in [1.54, 1.807) is 0 Å². The summed E-state index contributed by atoms with van der Waals surface area (Å²) in [6, 6.07) is 0. The Morgan fingerprint density at radius 2 is 2.33 bits per heavy atom. The Kier molecular flexibility index (Phi) is 4.12. The monoisotopic (exact) mass is 233 g/mol. The van der Waals surface area contributed by atoms with E-state index in [0.717, 1.165) is 26.6 Å². The SMILES string of the molecule is CS(=O)(=O)NCC(=O)N1CCCC1[B]O. The summed E-state index contributed by atoms with van der Waals surface area (Å²) >= 11 is 0. The van der Waals surface area contributed by atoms with Gasteiger partial charge in [0.05, 0.1) is 12.8 Å². The van der Waals surface area contributed by atoms with Crippen molar-refractivity contribution in [2.45, 2.75) is 18.8 Å². The van der Waals surface area contributed by atoms with Crippen molar-refractivity contribution in [3.05, 3.63) is 0 Å². The van der Waals surface area contributed by atoms with Gasteiger partial charge in [0, 0.05) is 12.5 Å². The molecule has 0 aromatic carbocycles. The van der Waals surface area contributed by atoms with Crippen LogP contribution in [0.4, 0.5) is 0 Å². The molecule has 1 saturated heterocycles. The maximum absolute atomic E-state index is 11.5. The smallest absolute Gasteiger partial charge is 0.312 e. The second-order valence-electron chi connectivity index (χ2n) is 3.54.